The molecule has 0 N–H and O–H groups in total. The third-order valence-corrected chi connectivity index (χ3v) is 11.5. The van der Waals surface area contributed by atoms with E-state index in [9.17, 15) is 0 Å². The van der Waals surface area contributed by atoms with Gasteiger partial charge in [-0.25, -0.2) is 9.97 Å². The van der Waals surface area contributed by atoms with Crippen LogP contribution in [0.2, 0.25) is 0 Å². The number of nitrogens with zero attached hydrogens (tertiary/aromatic N) is 6. The summed E-state index contributed by atoms with van der Waals surface area (Å²) in [5, 5.41) is 4.50. The fourth-order valence-corrected chi connectivity index (χ4v) is 8.72. The molecule has 284 valence electrons. The number of aromatic nitrogens is 6. The monoisotopic (exact) mass is 947 g/mol. The summed E-state index contributed by atoms with van der Waals surface area (Å²) in [7, 11) is 0. The molecule has 6 nitrogen and oxygen atoms in total. The molecule has 0 aliphatic heterocycles. The Balaban J connectivity index is 0.00000408. The minimum absolute atomic E-state index is 0. The van der Waals surface area contributed by atoms with Gasteiger partial charge in [-0.3, -0.25) is 9.55 Å². The van der Waals surface area contributed by atoms with Crippen molar-refractivity contribution in [3.05, 3.63) is 201 Å². The van der Waals surface area contributed by atoms with Crippen molar-refractivity contribution in [3.63, 3.8) is 0 Å². The number of fused-ring (bicyclic) bond motifs is 7. The van der Waals surface area contributed by atoms with E-state index in [4.69, 9.17) is 15.0 Å². The summed E-state index contributed by atoms with van der Waals surface area (Å²) >= 11 is 0. The van der Waals surface area contributed by atoms with Crippen molar-refractivity contribution in [1.29, 1.82) is 0 Å². The van der Waals surface area contributed by atoms with Crippen molar-refractivity contribution in [1.82, 2.24) is 29.1 Å². The van der Waals surface area contributed by atoms with Crippen molar-refractivity contribution in [2.75, 3.05) is 0 Å². The molecule has 12 aromatic rings. The number of para-hydroxylation sites is 3. The van der Waals surface area contributed by atoms with Gasteiger partial charge in [0.2, 0.25) is 0 Å². The second-order valence-electron chi connectivity index (χ2n) is 14.8. The quantitative estimate of drug-likeness (QED) is 0.156. The molecule has 0 saturated carbocycles. The number of rotatable bonds is 6. The Kier molecular flexibility index (Phi) is 8.61. The molecular formula is C53H32N6Pt. The van der Waals surface area contributed by atoms with Crippen molar-refractivity contribution >= 4 is 54.6 Å². The fourth-order valence-electron chi connectivity index (χ4n) is 8.72. The van der Waals surface area contributed by atoms with E-state index < -0.39 is 0 Å². The Labute approximate surface area is 359 Å². The van der Waals surface area contributed by atoms with Crippen LogP contribution >= 0.6 is 0 Å². The molecule has 7 heteroatoms. The smallest absolute Gasteiger partial charge is 0.656 e. The van der Waals surface area contributed by atoms with E-state index in [1.165, 1.54) is 5.56 Å². The van der Waals surface area contributed by atoms with Crippen LogP contribution in [0, 0.1) is 6.07 Å². The average molecular weight is 948 g/mol. The minimum Gasteiger partial charge on any atom is -0.656 e. The van der Waals surface area contributed by atoms with Crippen LogP contribution in [0.4, 0.5) is 0 Å². The van der Waals surface area contributed by atoms with Crippen molar-refractivity contribution in [3.8, 4) is 56.3 Å². The Morgan fingerprint density at radius 3 is 2.05 bits per heavy atom. The van der Waals surface area contributed by atoms with Crippen molar-refractivity contribution in [2.24, 2.45) is 0 Å². The second kappa shape index (κ2) is 14.5. The third kappa shape index (κ3) is 5.71. The van der Waals surface area contributed by atoms with Crippen LogP contribution in [0.1, 0.15) is 0 Å². The summed E-state index contributed by atoms with van der Waals surface area (Å²) < 4.78 is 4.51. The van der Waals surface area contributed by atoms with Crippen LogP contribution in [0.25, 0.3) is 111 Å². The topological polar surface area (TPSA) is 62.6 Å². The molecule has 7 aromatic carbocycles. The fraction of sp³-hybridized carbons (Fsp3) is 0. The van der Waals surface area contributed by atoms with Gasteiger partial charge in [0.05, 0.1) is 11.0 Å². The van der Waals surface area contributed by atoms with Gasteiger partial charge in [-0.05, 0) is 92.5 Å². The van der Waals surface area contributed by atoms with Gasteiger partial charge in [0.25, 0.3) is 0 Å². The van der Waals surface area contributed by atoms with Crippen LogP contribution in [-0.2, 0) is 21.1 Å². The minimum atomic E-state index is 0. The standard InChI is InChI=1S/C53H32N6.Pt/c1-2-11-34(12-3-1)35-20-23-39(24-21-35)58-49-33-38(36-26-29-54-30-27-36)31-45(52(49)57-53(58)44-16-10-15-43-40-13-4-6-17-46(40)56-51(43)44)37-22-25-42-41-14-5-7-18-47(41)59(48(42)32-37)50-19-8-9-28-55-50;/h1-31,33H;/q-2;+2. The first-order valence-corrected chi connectivity index (χ1v) is 19.7. The molecule has 0 aliphatic carbocycles. The molecule has 0 aliphatic rings. The number of benzene rings is 7. The van der Waals surface area contributed by atoms with Crippen molar-refractivity contribution < 1.29 is 21.1 Å². The summed E-state index contributed by atoms with van der Waals surface area (Å²) in [6.07, 6.45) is 5.54. The van der Waals surface area contributed by atoms with Gasteiger partial charge < -0.3 is 9.55 Å². The van der Waals surface area contributed by atoms with Gasteiger partial charge in [-0.1, -0.05) is 126 Å². The van der Waals surface area contributed by atoms with Gasteiger partial charge >= 0.3 is 21.1 Å². The largest absolute Gasteiger partial charge is 2.00 e. The maximum atomic E-state index is 5.65. The second-order valence-corrected chi connectivity index (χ2v) is 14.8. The van der Waals surface area contributed by atoms with E-state index in [-0.39, 0.29) is 21.1 Å². The van der Waals surface area contributed by atoms with Crippen LogP contribution in [0.3, 0.4) is 0 Å². The van der Waals surface area contributed by atoms with Gasteiger partial charge in [0.1, 0.15) is 11.6 Å². The maximum Gasteiger partial charge on any atom is 2.00 e. The average Bonchev–Trinajstić information content (AvgIpc) is 3.99. The van der Waals surface area contributed by atoms with E-state index in [0.29, 0.717) is 0 Å². The number of imidazole rings is 1. The van der Waals surface area contributed by atoms with Crippen LogP contribution in [0.5, 0.6) is 0 Å². The Hall–Kier alpha value is -7.40. The summed E-state index contributed by atoms with van der Waals surface area (Å²) in [5.74, 6) is 1.66. The molecule has 12 rings (SSSR count). The van der Waals surface area contributed by atoms with Crippen LogP contribution in [0.15, 0.2) is 195 Å². The molecule has 0 unspecified atom stereocenters. The summed E-state index contributed by atoms with van der Waals surface area (Å²) in [4.78, 5) is 20.0. The normalized spacial score (nSPS) is 11.5. The molecule has 60 heavy (non-hydrogen) atoms. The summed E-state index contributed by atoms with van der Waals surface area (Å²) in [5.41, 5.74) is 14.1. The maximum absolute atomic E-state index is 5.65. The molecule has 0 radical (unpaired) electrons. The molecule has 0 amide bonds. The van der Waals surface area contributed by atoms with Gasteiger partial charge in [-0.15, -0.1) is 34.8 Å². The van der Waals surface area contributed by atoms with E-state index in [1.54, 1.807) is 0 Å². The van der Waals surface area contributed by atoms with Gasteiger partial charge in [-0.2, -0.15) is 0 Å². The van der Waals surface area contributed by atoms with Crippen LogP contribution < -0.4 is 4.98 Å². The molecule has 5 heterocycles. The molecule has 0 atom stereocenters. The van der Waals surface area contributed by atoms with Crippen molar-refractivity contribution in [2.45, 2.75) is 0 Å². The third-order valence-electron chi connectivity index (χ3n) is 11.5. The van der Waals surface area contributed by atoms with Gasteiger partial charge in [0, 0.05) is 35.4 Å². The first-order chi connectivity index (χ1) is 29.3. The first kappa shape index (κ1) is 35.7. The number of hydrogen-bond donors (Lipinski definition) is 0. The van der Waals surface area contributed by atoms with E-state index >= 15 is 0 Å². The Morgan fingerprint density at radius 2 is 1.22 bits per heavy atom. The molecule has 5 aromatic heterocycles. The van der Waals surface area contributed by atoms with Gasteiger partial charge in [0.15, 0.2) is 0 Å². The molecular weight excluding hydrogens is 916 g/mol. The number of pyridine rings is 2. The predicted octanol–water partition coefficient (Wildman–Crippen LogP) is 12.6. The van der Waals surface area contributed by atoms with Crippen LogP contribution in [-0.4, -0.2) is 24.1 Å². The summed E-state index contributed by atoms with van der Waals surface area (Å²) in [6.45, 7) is 0. The molecule has 0 bridgehead atoms. The molecule has 0 saturated heterocycles. The summed E-state index contributed by atoms with van der Waals surface area (Å²) in [6, 6.07) is 65.5. The molecule has 0 spiro atoms. The Bertz CT molecular complexity index is 3530. The van der Waals surface area contributed by atoms with E-state index in [1.807, 2.05) is 42.9 Å². The number of hydrogen-bond acceptors (Lipinski definition) is 3. The zero-order valence-electron chi connectivity index (χ0n) is 32.0. The van der Waals surface area contributed by atoms with E-state index in [0.717, 1.165) is 105 Å². The predicted molar refractivity (Wildman–Crippen MR) is 240 cm³/mol. The zero-order valence-corrected chi connectivity index (χ0v) is 34.2. The SMILES string of the molecule is [Pt+2].[c-]1c(-c2cc(-c3ccncc3)cc3c2nc(-c2cccc4c2[n-]c2ccccc24)n3-c2ccc(-c3ccccc3)cc2)ccc2c3ccccc3n(-c3ccccn3)c12. The first-order valence-electron chi connectivity index (χ1n) is 19.7. The molecule has 0 fully saturated rings. The zero-order chi connectivity index (χ0) is 38.9. The Morgan fingerprint density at radius 1 is 0.483 bits per heavy atom. The van der Waals surface area contributed by atoms with E-state index in [2.05, 4.69) is 172 Å².